The molecule has 3 saturated heterocycles. The highest BCUT2D eigenvalue weighted by Crippen LogP contribution is 2.57. The predicted molar refractivity (Wildman–Crippen MR) is 383 cm³/mol. The van der Waals surface area contributed by atoms with E-state index >= 15 is 0 Å². The van der Waals surface area contributed by atoms with Crippen molar-refractivity contribution >= 4 is 100.0 Å². The zero-order chi connectivity index (χ0) is 76.5. The number of hydrogen-bond donors (Lipinski definition) is 12. The van der Waals surface area contributed by atoms with Crippen molar-refractivity contribution in [2.75, 3.05) is 57.7 Å². The van der Waals surface area contributed by atoms with E-state index in [1.807, 2.05) is 12.2 Å². The molecule has 3 aromatic rings. The van der Waals surface area contributed by atoms with Crippen LogP contribution in [0.3, 0.4) is 0 Å². The number of nitrogens with one attached hydrogen (secondary N) is 6. The average Bonchev–Trinajstić information content (AvgIpc) is 1.47. The maximum atomic E-state index is 14.7. The van der Waals surface area contributed by atoms with Crippen molar-refractivity contribution in [2.45, 2.75) is 196 Å². The Morgan fingerprint density at radius 1 is 0.660 bits per heavy atom. The Morgan fingerprint density at radius 2 is 1.27 bits per heavy atom. The number of amides is 10. The molecular weight excluding hydrogens is 1400 g/mol. The van der Waals surface area contributed by atoms with Crippen molar-refractivity contribution < 1.29 is 97.3 Å². The summed E-state index contributed by atoms with van der Waals surface area (Å²) in [5.74, 6) is -10.2. The van der Waals surface area contributed by atoms with Crippen LogP contribution in [0.25, 0.3) is 0 Å². The summed E-state index contributed by atoms with van der Waals surface area (Å²) in [5, 5.41) is 67.4. The number of aliphatic hydroxyl groups is 1. The largest absolute Gasteiger partial charge is 0.508 e. The van der Waals surface area contributed by atoms with E-state index in [1.54, 1.807) is 30.3 Å². The monoisotopic (exact) mass is 1490 g/mol. The lowest BCUT2D eigenvalue weighted by Crippen LogP contribution is -2.61. The van der Waals surface area contributed by atoms with Crippen LogP contribution in [0.5, 0.6) is 23.0 Å². The zero-order valence-electron chi connectivity index (χ0n) is 59.4. The number of carbonyl (C=O) groups excluding carboxylic acids is 11. The minimum absolute atomic E-state index is 0.0109. The second kappa shape index (κ2) is 36.5. The van der Waals surface area contributed by atoms with Gasteiger partial charge in [-0.1, -0.05) is 25.0 Å². The Labute approximate surface area is 617 Å². The number of aromatic hydroxyl groups is 2. The van der Waals surface area contributed by atoms with Gasteiger partial charge in [0.2, 0.25) is 59.1 Å². The number of ether oxygens (including phenoxy) is 2. The number of aliphatic hydroxyl groups excluding tert-OH is 1. The van der Waals surface area contributed by atoms with Crippen molar-refractivity contribution in [1.82, 2.24) is 51.1 Å². The fraction of sp³-hybridized carbons (Fsp3) is 0.534. The molecule has 0 saturated carbocycles. The van der Waals surface area contributed by atoms with Crippen LogP contribution >= 0.6 is 12.2 Å². The van der Waals surface area contributed by atoms with Crippen molar-refractivity contribution in [2.24, 2.45) is 5.73 Å². The van der Waals surface area contributed by atoms with Crippen LogP contribution in [0.1, 0.15) is 169 Å². The summed E-state index contributed by atoms with van der Waals surface area (Å²) in [5.41, 5.74) is 6.06. The normalized spacial score (nSPS) is 22.7. The number of anilines is 1. The number of unbranched alkanes of at least 4 members (excludes halogenated alkanes) is 1. The lowest BCUT2D eigenvalue weighted by molar-refractivity contribution is -0.150. The van der Waals surface area contributed by atoms with Gasteiger partial charge in [-0.25, -0.2) is 4.79 Å². The third-order valence-electron chi connectivity index (χ3n) is 19.9. The number of nitrogens with zero attached hydrogens (tertiary/aromatic N) is 5. The fourth-order valence-electron chi connectivity index (χ4n) is 14.5. The zero-order valence-corrected chi connectivity index (χ0v) is 60.2. The molecule has 0 bridgehead atoms. The summed E-state index contributed by atoms with van der Waals surface area (Å²) in [6.45, 7) is 2.21. The van der Waals surface area contributed by atoms with E-state index in [4.69, 9.17) is 27.4 Å². The molecule has 572 valence electrons. The number of carbonyl (C=O) groups is 13. The number of aliphatic carboxylic acids is 2. The number of allylic oxidation sites excluding steroid dienone is 2. The smallest absolute Gasteiger partial charge is 0.340 e. The summed E-state index contributed by atoms with van der Waals surface area (Å²) < 4.78 is 12.3. The Hall–Kier alpha value is -10.4. The van der Waals surface area contributed by atoms with E-state index in [1.165, 1.54) is 57.7 Å². The van der Waals surface area contributed by atoms with Crippen molar-refractivity contribution in [3.63, 3.8) is 0 Å². The molecule has 33 heteroatoms. The summed E-state index contributed by atoms with van der Waals surface area (Å²) in [4.78, 5) is 184. The van der Waals surface area contributed by atoms with Crippen LogP contribution in [0.2, 0.25) is 0 Å². The van der Waals surface area contributed by atoms with Gasteiger partial charge in [0, 0.05) is 93.0 Å². The first-order valence-corrected chi connectivity index (χ1v) is 36.6. The summed E-state index contributed by atoms with van der Waals surface area (Å²) in [6.07, 6.45) is 6.90. The van der Waals surface area contributed by atoms with Gasteiger partial charge in [0.1, 0.15) is 65.3 Å². The first-order chi connectivity index (χ1) is 50.6. The highest BCUT2D eigenvalue weighted by atomic mass is 32.1. The van der Waals surface area contributed by atoms with E-state index in [0.29, 0.717) is 93.1 Å². The maximum Gasteiger partial charge on any atom is 0.340 e. The Bertz CT molecular complexity index is 3840. The maximum absolute atomic E-state index is 14.7. The number of nitrogens with two attached hydrogens (primary N) is 1. The van der Waals surface area contributed by atoms with Crippen molar-refractivity contribution in [3.8, 4) is 23.0 Å². The number of carboxylic acids is 2. The number of fused-ring (bicyclic) bond motifs is 9. The molecule has 6 aliphatic heterocycles. The second-order valence-corrected chi connectivity index (χ2v) is 28.0. The number of phenolic OH excluding ortho intramolecular Hbond substituents is 2. The van der Waals surface area contributed by atoms with E-state index < -0.39 is 163 Å². The van der Waals surface area contributed by atoms with Gasteiger partial charge in [-0.2, -0.15) is 0 Å². The lowest BCUT2D eigenvalue weighted by atomic mass is 9.77. The molecule has 8 atom stereocenters. The highest BCUT2D eigenvalue weighted by Gasteiger charge is 2.54. The molecule has 13 N–H and O–H groups in total. The molecule has 3 aromatic carbocycles. The van der Waals surface area contributed by atoms with Gasteiger partial charge in [-0.3, -0.25) is 57.5 Å². The third kappa shape index (κ3) is 19.7. The van der Waals surface area contributed by atoms with Gasteiger partial charge in [-0.05, 0) is 165 Å². The number of hydrogen-bond acceptors (Lipinski definition) is 19. The van der Waals surface area contributed by atoms with Gasteiger partial charge in [0.25, 0.3) is 0 Å². The van der Waals surface area contributed by atoms with E-state index in [2.05, 4.69) is 31.9 Å². The molecule has 10 amide bonds. The van der Waals surface area contributed by atoms with Crippen LogP contribution in [0.15, 0.2) is 66.7 Å². The second-order valence-electron chi connectivity index (χ2n) is 27.6. The Balaban J connectivity index is 0.878. The van der Waals surface area contributed by atoms with Gasteiger partial charge in [0.05, 0.1) is 24.8 Å². The molecule has 0 aliphatic carbocycles. The molecule has 6 aliphatic rings. The van der Waals surface area contributed by atoms with Crippen molar-refractivity contribution in [1.29, 1.82) is 0 Å². The van der Waals surface area contributed by atoms with Crippen LogP contribution in [0.4, 0.5) is 5.69 Å². The van der Waals surface area contributed by atoms with Gasteiger partial charge < -0.3 is 97.1 Å². The van der Waals surface area contributed by atoms with Crippen LogP contribution in [0, 0.1) is 0 Å². The van der Waals surface area contributed by atoms with Gasteiger partial charge in [-0.15, -0.1) is 0 Å². The molecule has 0 aromatic heterocycles. The van der Waals surface area contributed by atoms with Gasteiger partial charge in [0.15, 0.2) is 10.7 Å². The first kappa shape index (κ1) is 79.7. The minimum Gasteiger partial charge on any atom is -0.508 e. The number of esters is 1. The number of benzene rings is 3. The van der Waals surface area contributed by atoms with Crippen molar-refractivity contribution in [3.05, 3.63) is 89.0 Å². The average molecular weight is 1490 g/mol. The minimum atomic E-state index is -1.69. The fourth-order valence-corrected chi connectivity index (χ4v) is 14.7. The third-order valence-corrected chi connectivity index (χ3v) is 20.1. The van der Waals surface area contributed by atoms with E-state index in [9.17, 15) is 87.9 Å². The van der Waals surface area contributed by atoms with Crippen LogP contribution < -0.4 is 42.4 Å². The number of carboxylic acid groups (broad SMARTS) is 2. The number of thiocarbonyl (C=S) groups is 1. The topological polar surface area (TPSA) is 456 Å². The highest BCUT2D eigenvalue weighted by molar-refractivity contribution is 7.80. The summed E-state index contributed by atoms with van der Waals surface area (Å²) >= 11 is 5.69. The molecule has 3 fully saturated rings. The number of primary amides is 1. The lowest BCUT2D eigenvalue weighted by Gasteiger charge is -2.36. The Kier molecular flexibility index (Phi) is 27.4. The molecule has 9 rings (SSSR count). The van der Waals surface area contributed by atoms with E-state index in [-0.39, 0.29) is 105 Å². The molecule has 1 spiro atoms. The molecule has 6 heterocycles. The standard InChI is InChI=1S/C73H94N12O20S/c1-42-67(99)84-35-16-19-55(84)70(102)85-36-15-18-54(85)69(101)82(41-59(90)78-51(64(74)96)27-29-61(92)93)33-13-9-7-5-3-4-6-8-12-32-81(40-58(89)79-52(28-30-62(94)95)68(100)83-34-14-17-53(83)65(97)80-63(43(2)86)66(98)76-42)60(91)20-10-11-31-75-72(106)77-44-21-24-47-50(37-44)73(105-71(47)103)48-25-22-45(87)38-56(48)104-57-39-46(88)23-26-49(57)73/h4,6,21-26,37-39,42-43,51-55,63,86-88H,3,5,7-20,27-36,40-41H2,1-2H3,(H2,74,96)(H,76,98)(H,78,90)(H,79,89)(H,80,97)(H,92,93)(H,94,95)(H2,75,77,106)/t42-,43+,51-,52-,53-,54-,55-,63-/m0/s1. The Morgan fingerprint density at radius 3 is 1.92 bits per heavy atom. The summed E-state index contributed by atoms with van der Waals surface area (Å²) in [7, 11) is 0. The van der Waals surface area contributed by atoms with Crippen LogP contribution in [-0.4, -0.2) is 233 Å². The molecule has 0 unspecified atom stereocenters. The molecule has 106 heavy (non-hydrogen) atoms. The quantitative estimate of drug-likeness (QED) is 0.0400. The first-order valence-electron chi connectivity index (χ1n) is 36.2. The number of rotatable bonds is 17. The molecular formula is C73H94N12O20S. The number of phenols is 2. The SMILES string of the molecule is C[C@@H]1NC(=O)[C@H]([C@@H](C)O)NC(=O)[C@@H]2CCCN2C(=O)[C@H](CCC(=O)O)NC(=O)CN(C(=O)CCCCNC(=S)Nc2ccc3c(c2)C2(OC3=O)c3ccc(O)cc3Oc3cc(O)ccc32)CCCC=CCCCCCCN(CC(=O)N[C@@H](CCC(=O)O)C(N)=O)C(=O)[C@@H]2CCCN2C(=O)[C@@H]2CCCN2C1=O. The van der Waals surface area contributed by atoms with E-state index in [0.717, 1.165) is 11.3 Å². The predicted octanol–water partition coefficient (Wildman–Crippen LogP) is 2.61. The van der Waals surface area contributed by atoms with Gasteiger partial charge >= 0.3 is 17.9 Å². The van der Waals surface area contributed by atoms with Crippen LogP contribution in [-0.2, 0) is 67.9 Å². The summed E-state index contributed by atoms with van der Waals surface area (Å²) in [6, 6.07) is 4.61. The molecule has 0 radical (unpaired) electrons. The molecule has 32 nitrogen and oxygen atoms in total.